The molecule has 0 aromatic heterocycles. The summed E-state index contributed by atoms with van der Waals surface area (Å²) in [6.45, 7) is 0. The Labute approximate surface area is 128 Å². The number of halogens is 5. The molecule has 126 valence electrons. The van der Waals surface area contributed by atoms with Crippen LogP contribution < -0.4 is 4.90 Å². The Kier molecular flexibility index (Phi) is 3.38. The van der Waals surface area contributed by atoms with Crippen LogP contribution in [-0.2, 0) is 0 Å². The molecule has 0 N–H and O–H groups in total. The fourth-order valence-corrected chi connectivity index (χ4v) is 2.52. The van der Waals surface area contributed by atoms with Gasteiger partial charge in [-0.2, -0.15) is 0 Å². The molecule has 10 heteroatoms. The van der Waals surface area contributed by atoms with Crippen LogP contribution in [0.2, 0.25) is 0 Å². The van der Waals surface area contributed by atoms with Crippen molar-refractivity contribution in [3.05, 3.63) is 58.6 Å². The zero-order valence-corrected chi connectivity index (χ0v) is 12.4. The third kappa shape index (κ3) is 3.89. The molecule has 0 fully saturated rings. The lowest BCUT2D eigenvalue weighted by molar-refractivity contribution is -0.384. The van der Waals surface area contributed by atoms with Crippen molar-refractivity contribution < 1.29 is 24.4 Å². The molecule has 0 bridgehead atoms. The monoisotopic (exact) mass is 354 g/mol. The molecular weight excluding hydrogens is 343 g/mol. The van der Waals surface area contributed by atoms with E-state index in [0.717, 1.165) is 12.1 Å². The predicted molar refractivity (Wildman–Crippen MR) is 79.0 cm³/mol. The average Bonchev–Trinajstić information content (AvgIpc) is 2.44. The second-order valence-corrected chi connectivity index (χ2v) is 7.20. The third-order valence-corrected chi connectivity index (χ3v) is 4.28. The first-order valence-electron chi connectivity index (χ1n) is 6.10. The van der Waals surface area contributed by atoms with E-state index in [1.807, 2.05) is 0 Å². The zero-order chi connectivity index (χ0) is 17.5. The highest BCUT2D eigenvalue weighted by Gasteiger charge is 2.65. The van der Waals surface area contributed by atoms with Gasteiger partial charge in [-0.15, -0.1) is 0 Å². The van der Waals surface area contributed by atoms with Crippen LogP contribution in [0.1, 0.15) is 0 Å². The number of anilines is 2. The molecule has 0 unspecified atom stereocenters. The van der Waals surface area contributed by atoms with Crippen molar-refractivity contribution in [3.63, 3.8) is 0 Å². The second kappa shape index (κ2) is 4.57. The number of hydrogen-bond donors (Lipinski definition) is 0. The van der Waals surface area contributed by atoms with Crippen molar-refractivity contribution in [1.82, 2.24) is 0 Å². The molecule has 2 aromatic carbocycles. The van der Waals surface area contributed by atoms with Crippen molar-refractivity contribution in [2.75, 3.05) is 11.9 Å². The first kappa shape index (κ1) is 17.0. The molecular formula is C13H11F5N2O2S. The van der Waals surface area contributed by atoms with E-state index in [9.17, 15) is 29.5 Å². The number of nitrogens with zero attached hydrogens (tertiary/aromatic N) is 2. The van der Waals surface area contributed by atoms with E-state index in [0.29, 0.717) is 17.8 Å². The van der Waals surface area contributed by atoms with Gasteiger partial charge in [-0.3, -0.25) is 10.1 Å². The first-order chi connectivity index (χ1) is 10.3. The number of benzene rings is 2. The van der Waals surface area contributed by atoms with Crippen molar-refractivity contribution >= 4 is 27.3 Å². The van der Waals surface area contributed by atoms with Crippen LogP contribution in [-0.4, -0.2) is 12.0 Å². The fourth-order valence-electron chi connectivity index (χ4n) is 1.87. The highest BCUT2D eigenvalue weighted by atomic mass is 32.5. The molecule has 0 radical (unpaired) electrons. The van der Waals surface area contributed by atoms with Gasteiger partial charge in [0, 0.05) is 30.6 Å². The Morgan fingerprint density at radius 2 is 1.26 bits per heavy atom. The van der Waals surface area contributed by atoms with Crippen LogP contribution in [0.15, 0.2) is 53.4 Å². The SMILES string of the molecule is CN(c1ccc([N+](=O)[O-])cc1)c1ccc(S(F)(F)(F)(F)F)cc1. The summed E-state index contributed by atoms with van der Waals surface area (Å²) < 4.78 is 63.2. The predicted octanol–water partition coefficient (Wildman–Crippen LogP) is 6.02. The summed E-state index contributed by atoms with van der Waals surface area (Å²) in [5.74, 6) is 0. The van der Waals surface area contributed by atoms with Gasteiger partial charge in [0.2, 0.25) is 0 Å². The minimum absolute atomic E-state index is 0.140. The van der Waals surface area contributed by atoms with Gasteiger partial charge >= 0.3 is 10.2 Å². The van der Waals surface area contributed by atoms with Crippen LogP contribution >= 0.6 is 10.2 Å². The smallest absolute Gasteiger partial charge is 0.310 e. The maximum atomic E-state index is 12.6. The summed E-state index contributed by atoms with van der Waals surface area (Å²) in [6, 6.07) is 7.72. The van der Waals surface area contributed by atoms with E-state index in [2.05, 4.69) is 0 Å². The van der Waals surface area contributed by atoms with Crippen molar-refractivity contribution in [2.45, 2.75) is 4.90 Å². The zero-order valence-electron chi connectivity index (χ0n) is 11.6. The standard InChI is InChI=1S/C13H11F5N2O2S/c1-19(10-2-4-12(5-3-10)20(21)22)11-6-8-13(9-7-11)23(14,15,16,17)18/h2-9H,1H3. The van der Waals surface area contributed by atoms with E-state index in [-0.39, 0.29) is 11.4 Å². The van der Waals surface area contributed by atoms with Crippen molar-refractivity contribution in [2.24, 2.45) is 0 Å². The summed E-state index contributed by atoms with van der Waals surface area (Å²) in [4.78, 5) is 9.42. The second-order valence-electron chi connectivity index (χ2n) is 4.80. The lowest BCUT2D eigenvalue weighted by atomic mass is 10.2. The summed E-state index contributed by atoms with van der Waals surface area (Å²) >= 11 is 0. The Bertz CT molecular complexity index is 745. The minimum Gasteiger partial charge on any atom is -0.345 e. The van der Waals surface area contributed by atoms with E-state index >= 15 is 0 Å². The highest BCUT2D eigenvalue weighted by Crippen LogP contribution is 3.02. The van der Waals surface area contributed by atoms with Crippen molar-refractivity contribution in [3.8, 4) is 0 Å². The summed E-state index contributed by atoms with van der Waals surface area (Å²) in [6.07, 6.45) is 0. The van der Waals surface area contributed by atoms with Crippen LogP contribution in [0.25, 0.3) is 0 Å². The van der Waals surface area contributed by atoms with Gasteiger partial charge in [0.05, 0.1) is 4.92 Å². The normalized spacial score (nSPS) is 14.7. The van der Waals surface area contributed by atoms with Gasteiger partial charge < -0.3 is 4.90 Å². The van der Waals surface area contributed by atoms with E-state index < -0.39 is 20.0 Å². The Balaban J connectivity index is 2.31. The highest BCUT2D eigenvalue weighted by molar-refractivity contribution is 8.45. The average molecular weight is 354 g/mol. The van der Waals surface area contributed by atoms with Gasteiger partial charge in [-0.25, -0.2) is 0 Å². The number of rotatable bonds is 4. The summed E-state index contributed by atoms with van der Waals surface area (Å²) in [5, 5.41) is 10.6. The van der Waals surface area contributed by atoms with E-state index in [1.165, 1.54) is 36.2 Å². The fraction of sp³-hybridized carbons (Fsp3) is 0.0769. The summed E-state index contributed by atoms with van der Waals surface area (Å²) in [7, 11) is -8.19. The van der Waals surface area contributed by atoms with Crippen LogP contribution in [0.3, 0.4) is 0 Å². The number of nitro groups is 1. The van der Waals surface area contributed by atoms with Gasteiger partial charge in [0.15, 0.2) is 0 Å². The third-order valence-electron chi connectivity index (χ3n) is 3.12. The molecule has 0 aliphatic carbocycles. The van der Waals surface area contributed by atoms with Crippen LogP contribution in [0.4, 0.5) is 36.5 Å². The van der Waals surface area contributed by atoms with Gasteiger partial charge in [0.1, 0.15) is 4.90 Å². The van der Waals surface area contributed by atoms with E-state index in [1.54, 1.807) is 0 Å². The van der Waals surface area contributed by atoms with Gasteiger partial charge in [-0.05, 0) is 36.4 Å². The largest absolute Gasteiger partial charge is 0.345 e. The Morgan fingerprint density at radius 3 is 1.61 bits per heavy atom. The molecule has 2 rings (SSSR count). The Hall–Kier alpha value is -2.36. The van der Waals surface area contributed by atoms with Gasteiger partial charge in [-0.1, -0.05) is 19.4 Å². The van der Waals surface area contributed by atoms with Crippen LogP contribution in [0.5, 0.6) is 0 Å². The summed E-state index contributed by atoms with van der Waals surface area (Å²) in [5.41, 5.74) is 0.540. The molecule has 0 aliphatic rings. The molecule has 0 spiro atoms. The molecule has 0 atom stereocenters. The lowest BCUT2D eigenvalue weighted by Crippen LogP contribution is -2.10. The maximum Gasteiger partial charge on any atom is 0.310 e. The maximum absolute atomic E-state index is 12.6. The first-order valence-corrected chi connectivity index (χ1v) is 8.05. The molecule has 0 saturated heterocycles. The number of hydrogen-bond acceptors (Lipinski definition) is 3. The number of nitro benzene ring substituents is 1. The number of non-ortho nitro benzene ring substituents is 1. The quantitative estimate of drug-likeness (QED) is 0.383. The molecule has 4 nitrogen and oxygen atoms in total. The van der Waals surface area contributed by atoms with Gasteiger partial charge in [0.25, 0.3) is 5.69 Å². The molecule has 0 heterocycles. The molecule has 0 amide bonds. The van der Waals surface area contributed by atoms with Crippen LogP contribution in [0, 0.1) is 10.1 Å². The van der Waals surface area contributed by atoms with Crippen molar-refractivity contribution in [1.29, 1.82) is 0 Å². The minimum atomic E-state index is -9.69. The molecule has 0 aliphatic heterocycles. The Morgan fingerprint density at radius 1 is 0.870 bits per heavy atom. The molecule has 23 heavy (non-hydrogen) atoms. The lowest BCUT2D eigenvalue weighted by Gasteiger charge is -2.40. The topological polar surface area (TPSA) is 46.4 Å². The van der Waals surface area contributed by atoms with E-state index in [4.69, 9.17) is 0 Å². The molecule has 0 saturated carbocycles. The molecule has 2 aromatic rings.